The molecule has 1 atom stereocenters. The molecule has 3 rings (SSSR count). The third kappa shape index (κ3) is 4.55. The summed E-state index contributed by atoms with van der Waals surface area (Å²) in [6.45, 7) is 6.99. The Morgan fingerprint density at radius 2 is 2.12 bits per heavy atom. The Balaban J connectivity index is 0.00000243. The van der Waals surface area contributed by atoms with Crippen molar-refractivity contribution < 1.29 is 9.53 Å². The highest BCUT2D eigenvalue weighted by Gasteiger charge is 2.35. The molecule has 1 aliphatic heterocycles. The summed E-state index contributed by atoms with van der Waals surface area (Å²) in [5.74, 6) is 0.860. The van der Waals surface area contributed by atoms with Crippen molar-refractivity contribution in [2.75, 3.05) is 26.2 Å². The van der Waals surface area contributed by atoms with Crippen LogP contribution >= 0.6 is 23.7 Å². The number of aromatic nitrogens is 1. The van der Waals surface area contributed by atoms with Crippen molar-refractivity contribution in [3.63, 3.8) is 0 Å². The number of likely N-dealkylation sites (tertiary alicyclic amines) is 1. The lowest BCUT2D eigenvalue weighted by Gasteiger charge is -2.22. The first-order valence-electron chi connectivity index (χ1n) is 8.73. The van der Waals surface area contributed by atoms with Gasteiger partial charge in [-0.3, -0.25) is 4.79 Å². The van der Waals surface area contributed by atoms with E-state index < -0.39 is 0 Å². The molecule has 142 valence electrons. The van der Waals surface area contributed by atoms with Crippen LogP contribution in [-0.2, 0) is 0 Å². The zero-order valence-corrected chi connectivity index (χ0v) is 16.9. The fourth-order valence-corrected chi connectivity index (χ4v) is 3.74. The van der Waals surface area contributed by atoms with E-state index in [9.17, 15) is 4.79 Å². The lowest BCUT2D eigenvalue weighted by atomic mass is 9.90. The maximum absolute atomic E-state index is 12.7. The van der Waals surface area contributed by atoms with Crippen LogP contribution in [0.5, 0.6) is 5.75 Å². The number of halogens is 1. The van der Waals surface area contributed by atoms with Gasteiger partial charge in [-0.25, -0.2) is 4.98 Å². The Morgan fingerprint density at radius 1 is 1.38 bits per heavy atom. The van der Waals surface area contributed by atoms with E-state index >= 15 is 0 Å². The minimum Gasteiger partial charge on any atom is -0.494 e. The molecule has 2 aromatic rings. The lowest BCUT2D eigenvalue weighted by molar-refractivity contribution is 0.0772. The van der Waals surface area contributed by atoms with Gasteiger partial charge in [0, 0.05) is 24.0 Å². The van der Waals surface area contributed by atoms with Crippen LogP contribution in [0.15, 0.2) is 29.6 Å². The number of nitrogens with zero attached hydrogens (tertiary/aromatic N) is 2. The van der Waals surface area contributed by atoms with Gasteiger partial charge in [0.25, 0.3) is 5.91 Å². The van der Waals surface area contributed by atoms with E-state index in [2.05, 4.69) is 18.8 Å². The summed E-state index contributed by atoms with van der Waals surface area (Å²) in [7, 11) is 0. The second-order valence-corrected chi connectivity index (χ2v) is 7.76. The van der Waals surface area contributed by atoms with Crippen LogP contribution in [0.2, 0.25) is 0 Å². The number of carbonyl (C=O) groups excluding carboxylic acids is 1. The first-order chi connectivity index (χ1) is 12.0. The number of hydrogen-bond acceptors (Lipinski definition) is 5. The monoisotopic (exact) mass is 395 g/mol. The highest BCUT2D eigenvalue weighted by Crippen LogP contribution is 2.31. The Labute approximate surface area is 165 Å². The van der Waals surface area contributed by atoms with Gasteiger partial charge in [-0.2, -0.15) is 0 Å². The number of nitrogens with two attached hydrogens (primary N) is 1. The highest BCUT2D eigenvalue weighted by molar-refractivity contribution is 7.13. The summed E-state index contributed by atoms with van der Waals surface area (Å²) in [5.41, 5.74) is 7.38. The molecule has 0 saturated carbocycles. The molecule has 1 aliphatic rings. The van der Waals surface area contributed by atoms with Gasteiger partial charge >= 0.3 is 0 Å². The molecule has 2 N–H and O–H groups in total. The molecule has 1 saturated heterocycles. The number of benzene rings is 1. The number of rotatable bonds is 6. The predicted octanol–water partition coefficient (Wildman–Crippen LogP) is 3.83. The van der Waals surface area contributed by atoms with Crippen molar-refractivity contribution in [3.8, 4) is 16.3 Å². The molecule has 1 amide bonds. The van der Waals surface area contributed by atoms with Crippen molar-refractivity contribution in [1.82, 2.24) is 9.88 Å². The molecule has 1 aromatic carbocycles. The first-order valence-corrected chi connectivity index (χ1v) is 9.61. The molecule has 1 unspecified atom stereocenters. The Bertz CT molecular complexity index is 735. The first kappa shape index (κ1) is 20.7. The average molecular weight is 396 g/mol. The maximum Gasteiger partial charge on any atom is 0.273 e. The van der Waals surface area contributed by atoms with E-state index in [1.54, 1.807) is 0 Å². The Morgan fingerprint density at radius 3 is 2.73 bits per heavy atom. The Hall–Kier alpha value is -1.63. The molecule has 1 fully saturated rings. The van der Waals surface area contributed by atoms with Crippen molar-refractivity contribution in [1.29, 1.82) is 0 Å². The summed E-state index contributed by atoms with van der Waals surface area (Å²) in [6, 6.07) is 7.86. The molecule has 26 heavy (non-hydrogen) atoms. The van der Waals surface area contributed by atoms with Crippen LogP contribution in [0.3, 0.4) is 0 Å². The van der Waals surface area contributed by atoms with E-state index in [1.165, 1.54) is 11.3 Å². The molecular weight excluding hydrogens is 370 g/mol. The van der Waals surface area contributed by atoms with E-state index in [4.69, 9.17) is 10.5 Å². The van der Waals surface area contributed by atoms with Crippen molar-refractivity contribution >= 4 is 29.7 Å². The van der Waals surface area contributed by atoms with E-state index in [1.807, 2.05) is 34.5 Å². The zero-order valence-electron chi connectivity index (χ0n) is 15.2. The Kier molecular flexibility index (Phi) is 7.03. The third-order valence-corrected chi connectivity index (χ3v) is 5.53. The molecule has 2 heterocycles. The zero-order chi connectivity index (χ0) is 17.9. The minimum absolute atomic E-state index is 0. The fourth-order valence-electron chi connectivity index (χ4n) is 2.94. The van der Waals surface area contributed by atoms with Crippen LogP contribution < -0.4 is 10.5 Å². The highest BCUT2D eigenvalue weighted by atomic mass is 35.5. The lowest BCUT2D eigenvalue weighted by Crippen LogP contribution is -2.34. The molecule has 0 spiro atoms. The van der Waals surface area contributed by atoms with Crippen molar-refractivity contribution in [2.45, 2.75) is 26.7 Å². The molecule has 1 aromatic heterocycles. The standard InChI is InChI=1S/C19H25N3O2S.ClH/c1-3-10-24-15-6-4-14(5-7-15)17-21-16(11-25-17)18(23)22-9-8-19(2,12-20)13-22;/h4-7,11H,3,8-10,12-13,20H2,1-2H3;1H. The second kappa shape index (κ2) is 8.84. The van der Waals surface area contributed by atoms with E-state index in [0.717, 1.165) is 35.7 Å². The van der Waals surface area contributed by atoms with Crippen LogP contribution in [0.25, 0.3) is 10.6 Å². The van der Waals surface area contributed by atoms with Crippen molar-refractivity contribution in [2.24, 2.45) is 11.1 Å². The van der Waals surface area contributed by atoms with Crippen LogP contribution in [0.1, 0.15) is 37.2 Å². The summed E-state index contributed by atoms with van der Waals surface area (Å²) in [4.78, 5) is 19.1. The summed E-state index contributed by atoms with van der Waals surface area (Å²) < 4.78 is 5.60. The van der Waals surface area contributed by atoms with E-state index in [-0.39, 0.29) is 23.7 Å². The second-order valence-electron chi connectivity index (χ2n) is 6.90. The maximum atomic E-state index is 12.7. The largest absolute Gasteiger partial charge is 0.494 e. The number of ether oxygens (including phenoxy) is 1. The molecule has 0 radical (unpaired) electrons. The number of carbonyl (C=O) groups is 1. The number of hydrogen-bond donors (Lipinski definition) is 1. The van der Waals surface area contributed by atoms with Gasteiger partial charge in [-0.15, -0.1) is 23.7 Å². The fraction of sp³-hybridized carbons (Fsp3) is 0.474. The van der Waals surface area contributed by atoms with Crippen molar-refractivity contribution in [3.05, 3.63) is 35.3 Å². The summed E-state index contributed by atoms with van der Waals surface area (Å²) >= 11 is 1.50. The van der Waals surface area contributed by atoms with Crippen LogP contribution in [-0.4, -0.2) is 42.0 Å². The molecule has 7 heteroatoms. The smallest absolute Gasteiger partial charge is 0.273 e. The van der Waals surface area contributed by atoms with Gasteiger partial charge in [0.05, 0.1) is 6.61 Å². The van der Waals surface area contributed by atoms with Crippen LogP contribution in [0.4, 0.5) is 0 Å². The predicted molar refractivity (Wildman–Crippen MR) is 108 cm³/mol. The van der Waals surface area contributed by atoms with Gasteiger partial charge in [0.2, 0.25) is 0 Å². The van der Waals surface area contributed by atoms with Gasteiger partial charge in [0.15, 0.2) is 0 Å². The number of amides is 1. The average Bonchev–Trinajstić information content (AvgIpc) is 3.28. The topological polar surface area (TPSA) is 68.5 Å². The van der Waals surface area contributed by atoms with Gasteiger partial charge in [0.1, 0.15) is 16.5 Å². The molecular formula is C19H26ClN3O2S. The number of thiazole rings is 1. The molecule has 5 nitrogen and oxygen atoms in total. The summed E-state index contributed by atoms with van der Waals surface area (Å²) in [5, 5.41) is 2.70. The van der Waals surface area contributed by atoms with Crippen LogP contribution in [0, 0.1) is 5.41 Å². The molecule has 0 aliphatic carbocycles. The van der Waals surface area contributed by atoms with Gasteiger partial charge in [-0.1, -0.05) is 13.8 Å². The van der Waals surface area contributed by atoms with E-state index in [0.29, 0.717) is 25.4 Å². The minimum atomic E-state index is 0. The molecule has 0 bridgehead atoms. The SMILES string of the molecule is CCCOc1ccc(-c2nc(C(=O)N3CCC(C)(CN)C3)cs2)cc1.Cl. The quantitative estimate of drug-likeness (QED) is 0.806. The summed E-state index contributed by atoms with van der Waals surface area (Å²) in [6.07, 6.45) is 1.94. The van der Waals surface area contributed by atoms with Gasteiger partial charge < -0.3 is 15.4 Å². The van der Waals surface area contributed by atoms with Gasteiger partial charge in [-0.05, 0) is 49.1 Å². The third-order valence-electron chi connectivity index (χ3n) is 4.64. The normalized spacial score (nSPS) is 19.3.